The summed E-state index contributed by atoms with van der Waals surface area (Å²) in [5.41, 5.74) is 0.0137. The van der Waals surface area contributed by atoms with Crippen molar-refractivity contribution < 1.29 is 4.74 Å². The van der Waals surface area contributed by atoms with Crippen molar-refractivity contribution in [2.75, 3.05) is 18.0 Å². The molecule has 21 heavy (non-hydrogen) atoms. The van der Waals surface area contributed by atoms with Crippen LogP contribution in [0.4, 0.5) is 5.82 Å². The van der Waals surface area contributed by atoms with E-state index in [2.05, 4.69) is 10.1 Å². The van der Waals surface area contributed by atoms with E-state index in [1.165, 1.54) is 0 Å². The Balaban J connectivity index is 1.43. The average molecular weight is 287 g/mol. The Morgan fingerprint density at radius 3 is 2.81 bits per heavy atom. The molecule has 7 nitrogen and oxygen atoms in total. The number of rotatable bonds is 4. The van der Waals surface area contributed by atoms with Crippen LogP contribution in [0.2, 0.25) is 0 Å². The van der Waals surface area contributed by atoms with Gasteiger partial charge in [0, 0.05) is 25.5 Å². The Hall–Kier alpha value is -2.31. The van der Waals surface area contributed by atoms with E-state index in [9.17, 15) is 4.79 Å². The van der Waals surface area contributed by atoms with Gasteiger partial charge in [-0.1, -0.05) is 0 Å². The van der Waals surface area contributed by atoms with Gasteiger partial charge >= 0.3 is 0 Å². The van der Waals surface area contributed by atoms with Gasteiger partial charge in [-0.25, -0.2) is 4.98 Å². The van der Waals surface area contributed by atoms with Crippen LogP contribution in [0.5, 0.6) is 5.75 Å². The largest absolute Gasteiger partial charge is 0.483 e. The number of aromatic nitrogens is 4. The fourth-order valence-corrected chi connectivity index (χ4v) is 2.61. The fraction of sp³-hybridized carbons (Fsp3) is 0.500. The molecule has 1 saturated carbocycles. The van der Waals surface area contributed by atoms with Crippen molar-refractivity contribution in [1.29, 1.82) is 0 Å². The monoisotopic (exact) mass is 287 g/mol. The molecular weight excluding hydrogens is 270 g/mol. The first-order valence-electron chi connectivity index (χ1n) is 7.18. The van der Waals surface area contributed by atoms with Gasteiger partial charge in [0.1, 0.15) is 6.10 Å². The van der Waals surface area contributed by atoms with Crippen LogP contribution >= 0.6 is 0 Å². The summed E-state index contributed by atoms with van der Waals surface area (Å²) in [6.45, 7) is 1.37. The maximum absolute atomic E-state index is 12.4. The van der Waals surface area contributed by atoms with Gasteiger partial charge in [0.05, 0.1) is 25.5 Å². The van der Waals surface area contributed by atoms with Gasteiger partial charge in [-0.3, -0.25) is 9.48 Å². The van der Waals surface area contributed by atoms with Crippen molar-refractivity contribution in [3.05, 3.63) is 35.1 Å². The number of anilines is 1. The molecule has 1 aliphatic carbocycles. The van der Waals surface area contributed by atoms with Crippen LogP contribution in [0.1, 0.15) is 18.9 Å². The van der Waals surface area contributed by atoms with Crippen molar-refractivity contribution in [3.63, 3.8) is 0 Å². The van der Waals surface area contributed by atoms with E-state index in [0.717, 1.165) is 18.6 Å². The van der Waals surface area contributed by atoms with Gasteiger partial charge in [-0.15, -0.1) is 0 Å². The molecule has 0 bridgehead atoms. The quantitative estimate of drug-likeness (QED) is 0.823. The van der Waals surface area contributed by atoms with Crippen molar-refractivity contribution >= 4 is 5.82 Å². The number of nitrogens with zero attached hydrogens (tertiary/aromatic N) is 5. The molecular formula is C14H17N5O2. The minimum Gasteiger partial charge on any atom is -0.483 e. The summed E-state index contributed by atoms with van der Waals surface area (Å²) in [6.07, 6.45) is 9.31. The SMILES string of the molecule is Cn1cc(OC2CN(c3nccn(C4CC4)c3=O)C2)cn1. The first kappa shape index (κ1) is 12.4. The molecule has 0 radical (unpaired) electrons. The zero-order valence-electron chi connectivity index (χ0n) is 11.8. The molecule has 2 aliphatic rings. The van der Waals surface area contributed by atoms with Crippen LogP contribution in [0, 0.1) is 0 Å². The van der Waals surface area contributed by atoms with Gasteiger partial charge < -0.3 is 14.2 Å². The fourth-order valence-electron chi connectivity index (χ4n) is 2.61. The lowest BCUT2D eigenvalue weighted by atomic mass is 10.1. The molecule has 0 atom stereocenters. The Labute approximate surface area is 121 Å². The van der Waals surface area contributed by atoms with E-state index >= 15 is 0 Å². The van der Waals surface area contributed by atoms with E-state index in [1.807, 2.05) is 18.1 Å². The zero-order valence-corrected chi connectivity index (χ0v) is 11.8. The van der Waals surface area contributed by atoms with Crippen molar-refractivity contribution in [2.45, 2.75) is 25.0 Å². The van der Waals surface area contributed by atoms with E-state index in [1.54, 1.807) is 27.8 Å². The second-order valence-corrected chi connectivity index (χ2v) is 5.69. The normalized spacial score (nSPS) is 18.6. The van der Waals surface area contributed by atoms with E-state index < -0.39 is 0 Å². The van der Waals surface area contributed by atoms with Crippen LogP contribution in [0.25, 0.3) is 0 Å². The van der Waals surface area contributed by atoms with Gasteiger partial charge in [-0.2, -0.15) is 5.10 Å². The van der Waals surface area contributed by atoms with Crippen LogP contribution < -0.4 is 15.2 Å². The Kier molecular flexibility index (Phi) is 2.73. The molecule has 1 aliphatic heterocycles. The third-order valence-electron chi connectivity index (χ3n) is 3.92. The van der Waals surface area contributed by atoms with Gasteiger partial charge in [-0.05, 0) is 12.8 Å². The molecule has 7 heteroatoms. The minimum atomic E-state index is 0.0137. The maximum Gasteiger partial charge on any atom is 0.293 e. The Bertz CT molecular complexity index is 712. The molecule has 0 aromatic carbocycles. The molecule has 2 aromatic rings. The summed E-state index contributed by atoms with van der Waals surface area (Å²) in [6, 6.07) is 0.378. The lowest BCUT2D eigenvalue weighted by molar-refractivity contribution is 0.166. The highest BCUT2D eigenvalue weighted by molar-refractivity contribution is 5.40. The second kappa shape index (κ2) is 4.61. The van der Waals surface area contributed by atoms with E-state index in [0.29, 0.717) is 24.9 Å². The Morgan fingerprint density at radius 2 is 2.14 bits per heavy atom. The number of hydrogen-bond acceptors (Lipinski definition) is 5. The summed E-state index contributed by atoms with van der Waals surface area (Å²) >= 11 is 0. The molecule has 110 valence electrons. The first-order valence-corrected chi connectivity index (χ1v) is 7.18. The highest BCUT2D eigenvalue weighted by atomic mass is 16.5. The lowest BCUT2D eigenvalue weighted by Crippen LogP contribution is -2.56. The summed E-state index contributed by atoms with van der Waals surface area (Å²) in [7, 11) is 1.86. The smallest absolute Gasteiger partial charge is 0.293 e. The maximum atomic E-state index is 12.4. The lowest BCUT2D eigenvalue weighted by Gasteiger charge is -2.39. The standard InChI is InChI=1S/C14H17N5O2/c1-17-7-11(6-16-17)21-12-8-18(9-12)13-14(20)19(5-4-15-13)10-2-3-10/h4-7,10,12H,2-3,8-9H2,1H3. The summed E-state index contributed by atoms with van der Waals surface area (Å²) in [5, 5.41) is 4.07. The topological polar surface area (TPSA) is 65.2 Å². The van der Waals surface area contributed by atoms with E-state index in [-0.39, 0.29) is 11.7 Å². The number of hydrogen-bond donors (Lipinski definition) is 0. The molecule has 0 spiro atoms. The summed E-state index contributed by atoms with van der Waals surface area (Å²) in [5.74, 6) is 1.30. The molecule has 2 aromatic heterocycles. The first-order chi connectivity index (χ1) is 10.2. The number of aryl methyl sites for hydroxylation is 1. The predicted octanol–water partition coefficient (Wildman–Crippen LogP) is 0.579. The second-order valence-electron chi connectivity index (χ2n) is 5.69. The predicted molar refractivity (Wildman–Crippen MR) is 76.6 cm³/mol. The van der Waals surface area contributed by atoms with Crippen LogP contribution in [0.3, 0.4) is 0 Å². The molecule has 0 unspecified atom stereocenters. The average Bonchev–Trinajstić information content (AvgIpc) is 3.18. The highest BCUT2D eigenvalue weighted by Crippen LogP contribution is 2.33. The van der Waals surface area contributed by atoms with Gasteiger partial charge in [0.2, 0.25) is 0 Å². The zero-order chi connectivity index (χ0) is 14.4. The molecule has 4 rings (SSSR count). The summed E-state index contributed by atoms with van der Waals surface area (Å²) in [4.78, 5) is 18.6. The van der Waals surface area contributed by atoms with Crippen LogP contribution in [0.15, 0.2) is 29.6 Å². The van der Waals surface area contributed by atoms with Gasteiger partial charge in [0.15, 0.2) is 11.6 Å². The minimum absolute atomic E-state index is 0.0137. The molecule has 2 fully saturated rings. The molecule has 3 heterocycles. The third-order valence-corrected chi connectivity index (χ3v) is 3.92. The molecule has 0 N–H and O–H groups in total. The van der Waals surface area contributed by atoms with Gasteiger partial charge in [0.25, 0.3) is 5.56 Å². The highest BCUT2D eigenvalue weighted by Gasteiger charge is 2.33. The van der Waals surface area contributed by atoms with Crippen LogP contribution in [-0.4, -0.2) is 38.5 Å². The van der Waals surface area contributed by atoms with Crippen molar-refractivity contribution in [1.82, 2.24) is 19.3 Å². The Morgan fingerprint density at radius 1 is 1.33 bits per heavy atom. The third kappa shape index (κ3) is 2.28. The molecule has 0 amide bonds. The summed E-state index contributed by atoms with van der Waals surface area (Å²) < 4.78 is 9.30. The van der Waals surface area contributed by atoms with E-state index in [4.69, 9.17) is 4.74 Å². The van der Waals surface area contributed by atoms with Crippen LogP contribution in [-0.2, 0) is 7.05 Å². The number of ether oxygens (including phenoxy) is 1. The van der Waals surface area contributed by atoms with Crippen molar-refractivity contribution in [3.8, 4) is 5.75 Å². The van der Waals surface area contributed by atoms with Crippen molar-refractivity contribution in [2.24, 2.45) is 7.05 Å². The molecule has 1 saturated heterocycles.